The van der Waals surface area contributed by atoms with Crippen LogP contribution in [0.25, 0.3) is 0 Å². The number of carbonyl (C=O) groups is 3. The van der Waals surface area contributed by atoms with Gasteiger partial charge in [-0.3, -0.25) is 10.1 Å². The Hall–Kier alpha value is -3.32. The zero-order chi connectivity index (χ0) is 26.5. The van der Waals surface area contributed by atoms with Crippen LogP contribution < -0.4 is 10.2 Å². The standard InChI is InChI=1S/C26H37N5O5/c1-6-23(32)28-24(33)30-16-20-11-21(17-30)15-29(14-20)13-18(2)31(25(34)35-26(3,4)5)36-22-9-7-19(12-27)8-10-22/h7-10,18,20-21H,6,11,13-17H2,1-5H3,(H,28,32,33). The third-order valence-corrected chi connectivity index (χ3v) is 6.19. The van der Waals surface area contributed by atoms with Gasteiger partial charge in [-0.2, -0.15) is 5.26 Å². The Morgan fingerprint density at radius 3 is 2.28 bits per heavy atom. The van der Waals surface area contributed by atoms with E-state index in [1.807, 2.05) is 6.92 Å². The number of nitrogens with one attached hydrogen (secondary N) is 1. The number of urea groups is 1. The molecule has 4 amide bonds. The van der Waals surface area contributed by atoms with Crippen LogP contribution in [-0.2, 0) is 9.53 Å². The molecule has 10 nitrogen and oxygen atoms in total. The number of likely N-dealkylation sites (tertiary alicyclic amines) is 2. The molecule has 36 heavy (non-hydrogen) atoms. The van der Waals surface area contributed by atoms with E-state index < -0.39 is 11.7 Å². The third-order valence-electron chi connectivity index (χ3n) is 6.19. The highest BCUT2D eigenvalue weighted by Gasteiger charge is 2.38. The number of piperidine rings is 2. The molecule has 10 heteroatoms. The highest BCUT2D eigenvalue weighted by atomic mass is 16.7. The van der Waals surface area contributed by atoms with Crippen molar-refractivity contribution < 1.29 is 24.0 Å². The number of benzene rings is 1. The molecule has 2 aliphatic rings. The van der Waals surface area contributed by atoms with Crippen LogP contribution in [0.1, 0.15) is 53.0 Å². The summed E-state index contributed by atoms with van der Waals surface area (Å²) in [5, 5.41) is 12.7. The zero-order valence-corrected chi connectivity index (χ0v) is 21.8. The normalized spacial score (nSPS) is 20.6. The molecule has 2 bridgehead atoms. The molecule has 0 aliphatic carbocycles. The van der Waals surface area contributed by atoms with Gasteiger partial charge in [-0.1, -0.05) is 6.92 Å². The molecule has 1 aromatic rings. The molecule has 1 N–H and O–H groups in total. The average Bonchev–Trinajstić information content (AvgIpc) is 2.80. The zero-order valence-electron chi connectivity index (χ0n) is 21.8. The molecule has 3 atom stereocenters. The van der Waals surface area contributed by atoms with Crippen molar-refractivity contribution >= 4 is 18.0 Å². The molecule has 2 saturated heterocycles. The predicted octanol–water partition coefficient (Wildman–Crippen LogP) is 3.38. The van der Waals surface area contributed by atoms with Gasteiger partial charge in [-0.05, 0) is 70.2 Å². The van der Waals surface area contributed by atoms with E-state index in [4.69, 9.17) is 14.8 Å². The van der Waals surface area contributed by atoms with Gasteiger partial charge in [0.2, 0.25) is 5.91 Å². The molecule has 1 aromatic carbocycles. The molecule has 0 aromatic heterocycles. The van der Waals surface area contributed by atoms with E-state index in [0.717, 1.165) is 19.5 Å². The average molecular weight is 500 g/mol. The van der Waals surface area contributed by atoms with Crippen molar-refractivity contribution in [3.8, 4) is 11.8 Å². The molecule has 0 spiro atoms. The van der Waals surface area contributed by atoms with E-state index in [-0.39, 0.29) is 24.4 Å². The highest BCUT2D eigenvalue weighted by molar-refractivity contribution is 5.94. The van der Waals surface area contributed by atoms with Gasteiger partial charge in [0.25, 0.3) is 0 Å². The third kappa shape index (κ3) is 7.59. The van der Waals surface area contributed by atoms with Gasteiger partial charge in [-0.25, -0.2) is 9.59 Å². The van der Waals surface area contributed by atoms with Crippen LogP contribution in [0.5, 0.6) is 5.75 Å². The topological polar surface area (TPSA) is 115 Å². The number of hydrogen-bond acceptors (Lipinski definition) is 7. The summed E-state index contributed by atoms with van der Waals surface area (Å²) in [6.45, 7) is 12.4. The van der Waals surface area contributed by atoms with Crippen molar-refractivity contribution in [3.05, 3.63) is 29.8 Å². The summed E-state index contributed by atoms with van der Waals surface area (Å²) in [7, 11) is 0. The van der Waals surface area contributed by atoms with E-state index in [2.05, 4.69) is 16.3 Å². The van der Waals surface area contributed by atoms with Crippen LogP contribution >= 0.6 is 0 Å². The first-order valence-corrected chi connectivity index (χ1v) is 12.5. The summed E-state index contributed by atoms with van der Waals surface area (Å²) >= 11 is 0. The Bertz CT molecular complexity index is 970. The van der Waals surface area contributed by atoms with E-state index in [0.29, 0.717) is 42.8 Å². The Morgan fingerprint density at radius 1 is 1.14 bits per heavy atom. The lowest BCUT2D eigenvalue weighted by Crippen LogP contribution is -2.58. The lowest BCUT2D eigenvalue weighted by atomic mass is 9.84. The Morgan fingerprint density at radius 2 is 1.75 bits per heavy atom. The number of imide groups is 1. The van der Waals surface area contributed by atoms with Crippen molar-refractivity contribution in [2.75, 3.05) is 32.7 Å². The van der Waals surface area contributed by atoms with Crippen LogP contribution in [0.2, 0.25) is 0 Å². The number of nitrogens with zero attached hydrogens (tertiary/aromatic N) is 4. The smallest absolute Gasteiger partial charge is 0.442 e. The first kappa shape index (κ1) is 27.3. The van der Waals surface area contributed by atoms with E-state index in [1.165, 1.54) is 5.06 Å². The van der Waals surface area contributed by atoms with Crippen molar-refractivity contribution in [2.24, 2.45) is 11.8 Å². The predicted molar refractivity (Wildman–Crippen MR) is 133 cm³/mol. The molecule has 3 unspecified atom stereocenters. The van der Waals surface area contributed by atoms with Crippen LogP contribution in [0, 0.1) is 23.2 Å². The van der Waals surface area contributed by atoms with Crippen LogP contribution in [-0.4, -0.2) is 77.3 Å². The van der Waals surface area contributed by atoms with Gasteiger partial charge in [0.15, 0.2) is 5.75 Å². The number of amides is 4. The molecular weight excluding hydrogens is 462 g/mol. The largest absolute Gasteiger partial charge is 0.444 e. The SMILES string of the molecule is CCC(=O)NC(=O)N1CC2CC(CN(CC(C)N(Oc3ccc(C#N)cc3)C(=O)OC(C)(C)C)C2)C1. The van der Waals surface area contributed by atoms with Gasteiger partial charge in [0.1, 0.15) is 5.60 Å². The summed E-state index contributed by atoms with van der Waals surface area (Å²) in [6.07, 6.45) is 0.727. The number of rotatable bonds is 6. The summed E-state index contributed by atoms with van der Waals surface area (Å²) in [4.78, 5) is 47.1. The fraction of sp³-hybridized carbons (Fsp3) is 0.615. The van der Waals surface area contributed by atoms with Crippen LogP contribution in [0.15, 0.2) is 24.3 Å². The quantitative estimate of drug-likeness (QED) is 0.597. The van der Waals surface area contributed by atoms with Gasteiger partial charge >= 0.3 is 12.1 Å². The number of carbonyl (C=O) groups excluding carboxylic acids is 3. The summed E-state index contributed by atoms with van der Waals surface area (Å²) < 4.78 is 5.60. The van der Waals surface area contributed by atoms with Crippen molar-refractivity contribution in [1.82, 2.24) is 20.2 Å². The first-order chi connectivity index (χ1) is 17.0. The minimum absolute atomic E-state index is 0.268. The van der Waals surface area contributed by atoms with Crippen LogP contribution in [0.4, 0.5) is 9.59 Å². The Kier molecular flexibility index (Phi) is 8.79. The van der Waals surface area contributed by atoms with E-state index >= 15 is 0 Å². The molecular formula is C26H37N5O5. The fourth-order valence-electron chi connectivity index (χ4n) is 4.76. The van der Waals surface area contributed by atoms with Crippen molar-refractivity contribution in [3.63, 3.8) is 0 Å². The number of ether oxygens (including phenoxy) is 1. The van der Waals surface area contributed by atoms with Gasteiger partial charge in [-0.15, -0.1) is 5.06 Å². The number of hydrogen-bond donors (Lipinski definition) is 1. The summed E-state index contributed by atoms with van der Waals surface area (Å²) in [6, 6.07) is 8.00. The van der Waals surface area contributed by atoms with E-state index in [9.17, 15) is 14.4 Å². The lowest BCUT2D eigenvalue weighted by molar-refractivity contribution is -0.120. The molecule has 2 fully saturated rings. The maximum absolute atomic E-state index is 13.0. The molecule has 3 rings (SSSR count). The molecule has 0 saturated carbocycles. The molecule has 196 valence electrons. The van der Waals surface area contributed by atoms with Crippen LogP contribution in [0.3, 0.4) is 0 Å². The maximum Gasteiger partial charge on any atom is 0.444 e. The highest BCUT2D eigenvalue weighted by Crippen LogP contribution is 2.29. The first-order valence-electron chi connectivity index (χ1n) is 12.5. The fourth-order valence-corrected chi connectivity index (χ4v) is 4.76. The van der Waals surface area contributed by atoms with Crippen molar-refractivity contribution in [1.29, 1.82) is 5.26 Å². The second kappa shape index (κ2) is 11.6. The molecule has 2 heterocycles. The Balaban J connectivity index is 1.65. The Labute approximate surface area is 213 Å². The van der Waals surface area contributed by atoms with E-state index in [1.54, 1.807) is 56.9 Å². The second-order valence-corrected chi connectivity index (χ2v) is 10.7. The minimum Gasteiger partial charge on any atom is -0.442 e. The second-order valence-electron chi connectivity index (χ2n) is 10.7. The van der Waals surface area contributed by atoms with Gasteiger partial charge in [0.05, 0.1) is 17.7 Å². The summed E-state index contributed by atoms with van der Waals surface area (Å²) in [5.41, 5.74) is -0.185. The van der Waals surface area contributed by atoms with Gasteiger partial charge < -0.3 is 19.4 Å². The molecule has 2 aliphatic heterocycles. The monoisotopic (exact) mass is 499 g/mol. The summed E-state index contributed by atoms with van der Waals surface area (Å²) in [5.74, 6) is 0.754. The maximum atomic E-state index is 13.0. The number of fused-ring (bicyclic) bond motifs is 2. The number of nitriles is 1. The lowest BCUT2D eigenvalue weighted by Gasteiger charge is -2.46. The number of hydroxylamine groups is 2. The minimum atomic E-state index is -0.686. The van der Waals surface area contributed by atoms with Crippen molar-refractivity contribution in [2.45, 2.75) is 59.1 Å². The van der Waals surface area contributed by atoms with Gasteiger partial charge in [0, 0.05) is 39.1 Å². The molecule has 0 radical (unpaired) electrons.